The highest BCUT2D eigenvalue weighted by molar-refractivity contribution is 6.28. The second kappa shape index (κ2) is 12.3. The van der Waals surface area contributed by atoms with Crippen LogP contribution >= 0.6 is 11.6 Å². The summed E-state index contributed by atoms with van der Waals surface area (Å²) in [4.78, 5) is 19.0. The molecule has 9 heteroatoms. The number of nitrogens with one attached hydrogen (secondary N) is 2. The van der Waals surface area contributed by atoms with Gasteiger partial charge in [0.25, 0.3) is 0 Å². The van der Waals surface area contributed by atoms with E-state index in [0.29, 0.717) is 30.5 Å². The number of carbonyl (C=O) groups is 1. The Labute approximate surface area is 165 Å². The summed E-state index contributed by atoms with van der Waals surface area (Å²) >= 11 is 5.93. The summed E-state index contributed by atoms with van der Waals surface area (Å²) in [6.07, 6.45) is 0.512. The van der Waals surface area contributed by atoms with Crippen molar-refractivity contribution in [2.24, 2.45) is 5.92 Å². The van der Waals surface area contributed by atoms with Gasteiger partial charge in [-0.3, -0.25) is 0 Å². The maximum absolute atomic E-state index is 10.8. The van der Waals surface area contributed by atoms with E-state index in [1.807, 2.05) is 13.8 Å². The smallest absolute Gasteiger partial charge is 0.404 e. The number of amides is 1. The zero-order valence-corrected chi connectivity index (χ0v) is 16.8. The Balaban J connectivity index is 3.04. The quantitative estimate of drug-likeness (QED) is 0.316. The first-order valence-electron chi connectivity index (χ1n) is 8.86. The molecule has 1 rings (SSSR count). The molecule has 0 aromatic carbocycles. The number of carboxylic acid groups (broad SMARTS) is 1. The molecule has 0 radical (unpaired) electrons. The molecule has 1 unspecified atom stereocenters. The van der Waals surface area contributed by atoms with Crippen LogP contribution in [0.1, 0.15) is 39.7 Å². The minimum absolute atomic E-state index is 0.0729. The molecule has 0 aliphatic rings. The van der Waals surface area contributed by atoms with Crippen molar-refractivity contribution < 1.29 is 19.4 Å². The van der Waals surface area contributed by atoms with Crippen molar-refractivity contribution in [1.82, 2.24) is 15.3 Å². The van der Waals surface area contributed by atoms with Gasteiger partial charge >= 0.3 is 6.09 Å². The van der Waals surface area contributed by atoms with Crippen LogP contribution in [0.3, 0.4) is 0 Å². The molecule has 27 heavy (non-hydrogen) atoms. The van der Waals surface area contributed by atoms with Crippen LogP contribution in [0.25, 0.3) is 0 Å². The van der Waals surface area contributed by atoms with Crippen LogP contribution in [-0.4, -0.2) is 53.3 Å². The maximum atomic E-state index is 10.8. The Morgan fingerprint density at radius 2 is 2.00 bits per heavy atom. The van der Waals surface area contributed by atoms with E-state index in [4.69, 9.17) is 26.2 Å². The van der Waals surface area contributed by atoms with Crippen LogP contribution in [0.4, 0.5) is 10.6 Å². The van der Waals surface area contributed by atoms with E-state index in [9.17, 15) is 4.79 Å². The Morgan fingerprint density at radius 3 is 2.56 bits per heavy atom. The van der Waals surface area contributed by atoms with Crippen LogP contribution in [0.15, 0.2) is 6.20 Å². The van der Waals surface area contributed by atoms with Gasteiger partial charge in [-0.05, 0) is 43.7 Å². The molecule has 0 aliphatic heterocycles. The molecule has 0 spiro atoms. The van der Waals surface area contributed by atoms with Gasteiger partial charge in [-0.2, -0.15) is 4.98 Å². The first-order valence-corrected chi connectivity index (χ1v) is 9.24. The standard InChI is InChI=1S/C18H27ClN4O4/c1-5-26-15(27-6-2)8-7-13-10-20-17(19)23-16(13)22-14(9-12(3)4)11-21-18(24)25/h10,12,14-15,21H,5-6,9,11H2,1-4H3,(H,24,25)(H,20,22,23). The van der Waals surface area contributed by atoms with Crippen LogP contribution in [0.2, 0.25) is 5.28 Å². The summed E-state index contributed by atoms with van der Waals surface area (Å²) in [6.45, 7) is 8.99. The molecular weight excluding hydrogens is 372 g/mol. The van der Waals surface area contributed by atoms with Crippen molar-refractivity contribution in [3.05, 3.63) is 17.0 Å². The van der Waals surface area contributed by atoms with Crippen molar-refractivity contribution >= 4 is 23.5 Å². The molecular formula is C18H27ClN4O4. The van der Waals surface area contributed by atoms with Gasteiger partial charge in [-0.1, -0.05) is 19.8 Å². The van der Waals surface area contributed by atoms with Crippen molar-refractivity contribution in [2.75, 3.05) is 25.1 Å². The molecule has 0 aliphatic carbocycles. The Kier molecular flexibility index (Phi) is 10.5. The normalized spacial score (nSPS) is 11.8. The van der Waals surface area contributed by atoms with E-state index in [1.54, 1.807) is 0 Å². The lowest BCUT2D eigenvalue weighted by atomic mass is 10.0. The van der Waals surface area contributed by atoms with Gasteiger partial charge in [0, 0.05) is 32.0 Å². The Morgan fingerprint density at radius 1 is 1.33 bits per heavy atom. The summed E-state index contributed by atoms with van der Waals surface area (Å²) in [5, 5.41) is 14.6. The van der Waals surface area contributed by atoms with Crippen LogP contribution < -0.4 is 10.6 Å². The Bertz CT molecular complexity index is 654. The second-order valence-corrected chi connectivity index (χ2v) is 6.41. The van der Waals surface area contributed by atoms with Crippen molar-refractivity contribution in [1.29, 1.82) is 0 Å². The fourth-order valence-corrected chi connectivity index (χ4v) is 2.43. The lowest BCUT2D eigenvalue weighted by Crippen LogP contribution is -2.37. The summed E-state index contributed by atoms with van der Waals surface area (Å²) in [5.74, 6) is 6.63. The molecule has 1 atom stereocenters. The SMILES string of the molecule is CCOC(C#Cc1cnc(Cl)nc1NC(CNC(=O)O)CC(C)C)OCC. The summed E-state index contributed by atoms with van der Waals surface area (Å²) in [5.41, 5.74) is 0.521. The van der Waals surface area contributed by atoms with E-state index < -0.39 is 12.4 Å². The highest BCUT2D eigenvalue weighted by atomic mass is 35.5. The average molecular weight is 399 g/mol. The maximum Gasteiger partial charge on any atom is 0.404 e. The zero-order chi connectivity index (χ0) is 20.2. The molecule has 1 heterocycles. The van der Waals surface area contributed by atoms with Crippen molar-refractivity contribution in [3.63, 3.8) is 0 Å². The first-order chi connectivity index (χ1) is 12.8. The van der Waals surface area contributed by atoms with Crippen LogP contribution in [0, 0.1) is 17.8 Å². The van der Waals surface area contributed by atoms with Gasteiger partial charge in [0.15, 0.2) is 0 Å². The fourth-order valence-electron chi connectivity index (χ4n) is 2.30. The van der Waals surface area contributed by atoms with Gasteiger partial charge < -0.3 is 25.2 Å². The summed E-state index contributed by atoms with van der Waals surface area (Å²) in [6, 6.07) is -0.179. The number of hydrogen-bond donors (Lipinski definition) is 3. The minimum Gasteiger partial charge on any atom is -0.465 e. The van der Waals surface area contributed by atoms with Crippen LogP contribution in [0.5, 0.6) is 0 Å². The third-order valence-electron chi connectivity index (χ3n) is 3.32. The van der Waals surface area contributed by atoms with E-state index in [-0.39, 0.29) is 17.9 Å². The zero-order valence-electron chi connectivity index (χ0n) is 16.1. The molecule has 0 saturated carbocycles. The molecule has 3 N–H and O–H groups in total. The highest BCUT2D eigenvalue weighted by Gasteiger charge is 2.15. The molecule has 0 saturated heterocycles. The third-order valence-corrected chi connectivity index (χ3v) is 3.50. The fraction of sp³-hybridized carbons (Fsp3) is 0.611. The van der Waals surface area contributed by atoms with Gasteiger partial charge in [-0.15, -0.1) is 0 Å². The monoisotopic (exact) mass is 398 g/mol. The van der Waals surface area contributed by atoms with Crippen LogP contribution in [-0.2, 0) is 9.47 Å². The number of nitrogens with zero attached hydrogens (tertiary/aromatic N) is 2. The largest absolute Gasteiger partial charge is 0.465 e. The minimum atomic E-state index is -1.08. The van der Waals surface area contributed by atoms with E-state index in [0.717, 1.165) is 6.42 Å². The molecule has 0 bridgehead atoms. The van der Waals surface area contributed by atoms with Gasteiger partial charge in [-0.25, -0.2) is 9.78 Å². The predicted molar refractivity (Wildman–Crippen MR) is 104 cm³/mol. The van der Waals surface area contributed by atoms with E-state index in [1.165, 1.54) is 6.20 Å². The number of anilines is 1. The molecule has 0 fully saturated rings. The second-order valence-electron chi connectivity index (χ2n) is 6.07. The topological polar surface area (TPSA) is 106 Å². The number of hydrogen-bond acceptors (Lipinski definition) is 6. The number of rotatable bonds is 10. The lowest BCUT2D eigenvalue weighted by molar-refractivity contribution is -0.0969. The van der Waals surface area contributed by atoms with Gasteiger partial charge in [0.2, 0.25) is 11.6 Å². The number of halogens is 1. The Hall–Kier alpha value is -2.08. The summed E-state index contributed by atoms with van der Waals surface area (Å²) < 4.78 is 10.8. The summed E-state index contributed by atoms with van der Waals surface area (Å²) in [7, 11) is 0. The molecule has 1 aromatic heterocycles. The van der Waals surface area contributed by atoms with E-state index in [2.05, 4.69) is 46.3 Å². The number of aromatic nitrogens is 2. The predicted octanol–water partition coefficient (Wildman–Crippen LogP) is 2.97. The first kappa shape index (κ1) is 23.0. The molecule has 1 amide bonds. The van der Waals surface area contributed by atoms with Crippen molar-refractivity contribution in [3.8, 4) is 11.8 Å². The van der Waals surface area contributed by atoms with E-state index >= 15 is 0 Å². The lowest BCUT2D eigenvalue weighted by Gasteiger charge is -2.21. The van der Waals surface area contributed by atoms with Crippen molar-refractivity contribution in [2.45, 2.75) is 46.4 Å². The highest BCUT2D eigenvalue weighted by Crippen LogP contribution is 2.17. The molecule has 150 valence electrons. The average Bonchev–Trinajstić information content (AvgIpc) is 2.58. The van der Waals surface area contributed by atoms with Gasteiger partial charge in [0.1, 0.15) is 5.82 Å². The number of ether oxygens (including phenoxy) is 2. The van der Waals surface area contributed by atoms with Gasteiger partial charge in [0.05, 0.1) is 5.56 Å². The third kappa shape index (κ3) is 9.43. The molecule has 8 nitrogen and oxygen atoms in total. The molecule has 1 aromatic rings.